The van der Waals surface area contributed by atoms with Crippen LogP contribution >= 0.6 is 0 Å². The standard InChI is InChI=1S/C14H19N3O5S/c1-16(9-14(5-6-14)15-13(18)19)12-4-3-11(17(20)21)7-10(12)8-23(2)22/h3-4,7,15H,5-6,8-9H2,1-2H3,(H,18,19). The number of nitrogens with one attached hydrogen (secondary N) is 1. The summed E-state index contributed by atoms with van der Waals surface area (Å²) >= 11 is -1.14. The Bertz CT molecular complexity index is 618. The molecule has 8 nitrogen and oxygen atoms in total. The third-order valence-electron chi connectivity index (χ3n) is 3.81. The number of nitro benzene ring substituents is 1. The van der Waals surface area contributed by atoms with Crippen molar-refractivity contribution in [3.8, 4) is 0 Å². The van der Waals surface area contributed by atoms with Crippen LogP contribution in [-0.4, -0.2) is 46.1 Å². The van der Waals surface area contributed by atoms with Crippen molar-refractivity contribution in [2.24, 2.45) is 0 Å². The van der Waals surface area contributed by atoms with Crippen molar-refractivity contribution >= 4 is 28.6 Å². The fourth-order valence-corrected chi connectivity index (χ4v) is 3.30. The molecule has 0 saturated heterocycles. The van der Waals surface area contributed by atoms with Gasteiger partial charge >= 0.3 is 6.09 Å². The number of carboxylic acid groups (broad SMARTS) is 1. The van der Waals surface area contributed by atoms with Crippen LogP contribution in [0.1, 0.15) is 18.4 Å². The predicted molar refractivity (Wildman–Crippen MR) is 87.3 cm³/mol. The van der Waals surface area contributed by atoms with Crippen LogP contribution in [0.2, 0.25) is 0 Å². The van der Waals surface area contributed by atoms with Crippen LogP contribution in [0.5, 0.6) is 0 Å². The molecule has 0 heterocycles. The number of hydrogen-bond donors (Lipinski definition) is 2. The number of benzene rings is 1. The molecular weight excluding hydrogens is 322 g/mol. The number of carbonyl (C=O) groups is 1. The van der Waals surface area contributed by atoms with Crippen molar-refractivity contribution in [3.63, 3.8) is 0 Å². The van der Waals surface area contributed by atoms with Gasteiger partial charge in [0.2, 0.25) is 0 Å². The number of amides is 1. The summed E-state index contributed by atoms with van der Waals surface area (Å²) in [5, 5.41) is 22.3. The highest BCUT2D eigenvalue weighted by Gasteiger charge is 2.45. The quantitative estimate of drug-likeness (QED) is 0.443. The SMILES string of the molecule is CN(CC1(NC(=O)O)CC1)c1ccc([N+](=O)[O-])cc1C[S+](C)[O-]. The van der Waals surface area contributed by atoms with Gasteiger partial charge in [0.1, 0.15) is 5.75 Å². The largest absolute Gasteiger partial charge is 0.616 e. The molecule has 1 aromatic rings. The molecule has 23 heavy (non-hydrogen) atoms. The number of rotatable bonds is 7. The van der Waals surface area contributed by atoms with Crippen molar-refractivity contribution in [1.82, 2.24) is 5.32 Å². The smallest absolute Gasteiger partial charge is 0.405 e. The molecule has 1 saturated carbocycles. The topological polar surface area (TPSA) is 119 Å². The fraction of sp³-hybridized carbons (Fsp3) is 0.500. The molecule has 1 aliphatic carbocycles. The first-order chi connectivity index (χ1) is 10.7. The Balaban J connectivity index is 2.23. The minimum atomic E-state index is -1.14. The Morgan fingerprint density at radius 3 is 2.65 bits per heavy atom. The molecule has 0 radical (unpaired) electrons. The van der Waals surface area contributed by atoms with E-state index in [1.165, 1.54) is 18.4 Å². The lowest BCUT2D eigenvalue weighted by Gasteiger charge is -2.27. The van der Waals surface area contributed by atoms with E-state index in [4.69, 9.17) is 5.11 Å². The summed E-state index contributed by atoms with van der Waals surface area (Å²) in [5.74, 6) is 0.209. The summed E-state index contributed by atoms with van der Waals surface area (Å²) < 4.78 is 11.5. The molecule has 9 heteroatoms. The number of non-ortho nitro benzene ring substituents is 1. The molecule has 1 amide bonds. The van der Waals surface area contributed by atoms with Crippen molar-refractivity contribution in [3.05, 3.63) is 33.9 Å². The van der Waals surface area contributed by atoms with Crippen LogP contribution in [0.15, 0.2) is 18.2 Å². The second-order valence-electron chi connectivity index (χ2n) is 5.85. The third-order valence-corrected chi connectivity index (χ3v) is 4.53. The van der Waals surface area contributed by atoms with Gasteiger partial charge in [-0.25, -0.2) is 4.79 Å². The van der Waals surface area contributed by atoms with Crippen molar-refractivity contribution < 1.29 is 19.4 Å². The first-order valence-corrected chi connectivity index (χ1v) is 8.75. The summed E-state index contributed by atoms with van der Waals surface area (Å²) in [6.45, 7) is 0.459. The monoisotopic (exact) mass is 341 g/mol. The Hall–Kier alpha value is -2.00. The maximum absolute atomic E-state index is 11.5. The summed E-state index contributed by atoms with van der Waals surface area (Å²) in [6, 6.07) is 4.45. The van der Waals surface area contributed by atoms with E-state index in [2.05, 4.69) is 5.32 Å². The van der Waals surface area contributed by atoms with Gasteiger partial charge in [-0.2, -0.15) is 0 Å². The first kappa shape index (κ1) is 17.4. The van der Waals surface area contributed by atoms with Crippen molar-refractivity contribution in [2.45, 2.75) is 24.1 Å². The molecule has 1 unspecified atom stereocenters. The molecule has 0 aromatic heterocycles. The molecule has 1 fully saturated rings. The Morgan fingerprint density at radius 2 is 2.17 bits per heavy atom. The Labute approximate surface area is 136 Å². The van der Waals surface area contributed by atoms with E-state index in [0.29, 0.717) is 12.1 Å². The van der Waals surface area contributed by atoms with Gasteiger partial charge in [0.15, 0.2) is 0 Å². The van der Waals surface area contributed by atoms with Gasteiger partial charge in [-0.15, -0.1) is 0 Å². The number of nitrogens with zero attached hydrogens (tertiary/aromatic N) is 2. The maximum Gasteiger partial charge on any atom is 0.405 e. The van der Waals surface area contributed by atoms with Gasteiger partial charge in [-0.1, -0.05) is 11.2 Å². The van der Waals surface area contributed by atoms with E-state index < -0.39 is 27.7 Å². The van der Waals surface area contributed by atoms with Crippen molar-refractivity contribution in [1.29, 1.82) is 0 Å². The molecule has 1 atom stereocenters. The van der Waals surface area contributed by atoms with Gasteiger partial charge in [0.05, 0.1) is 16.7 Å². The number of hydrogen-bond acceptors (Lipinski definition) is 5. The van der Waals surface area contributed by atoms with Crippen LogP contribution in [0.3, 0.4) is 0 Å². The first-order valence-electron chi connectivity index (χ1n) is 7.02. The zero-order valence-corrected chi connectivity index (χ0v) is 13.8. The second-order valence-corrected chi connectivity index (χ2v) is 7.29. The van der Waals surface area contributed by atoms with E-state index in [0.717, 1.165) is 18.5 Å². The molecule has 1 aliphatic rings. The second kappa shape index (κ2) is 6.63. The van der Waals surface area contributed by atoms with Crippen LogP contribution < -0.4 is 10.2 Å². The number of anilines is 1. The van der Waals surface area contributed by atoms with Gasteiger partial charge in [0.25, 0.3) is 5.69 Å². The van der Waals surface area contributed by atoms with Gasteiger partial charge < -0.3 is 19.9 Å². The average Bonchev–Trinajstić information content (AvgIpc) is 3.15. The molecule has 126 valence electrons. The Morgan fingerprint density at radius 1 is 1.52 bits per heavy atom. The fourth-order valence-electron chi connectivity index (χ4n) is 2.63. The van der Waals surface area contributed by atoms with E-state index in [9.17, 15) is 19.5 Å². The lowest BCUT2D eigenvalue weighted by Crippen LogP contribution is -2.44. The van der Waals surface area contributed by atoms with Crippen LogP contribution in [0.4, 0.5) is 16.2 Å². The zero-order chi connectivity index (χ0) is 17.2. The highest BCUT2D eigenvalue weighted by atomic mass is 32.2. The minimum absolute atomic E-state index is 0.0487. The predicted octanol–water partition coefficient (Wildman–Crippen LogP) is 1.71. The molecule has 2 rings (SSSR count). The molecule has 2 N–H and O–H groups in total. The summed E-state index contributed by atoms with van der Waals surface area (Å²) in [5.41, 5.74) is 0.829. The van der Waals surface area contributed by atoms with Gasteiger partial charge in [0, 0.05) is 37.0 Å². The van der Waals surface area contributed by atoms with Crippen molar-refractivity contribution in [2.75, 3.05) is 24.7 Å². The highest BCUT2D eigenvalue weighted by Crippen LogP contribution is 2.38. The van der Waals surface area contributed by atoms with E-state index in [1.54, 1.807) is 13.1 Å². The van der Waals surface area contributed by atoms with E-state index >= 15 is 0 Å². The van der Waals surface area contributed by atoms with Crippen LogP contribution in [0, 0.1) is 10.1 Å². The lowest BCUT2D eigenvalue weighted by atomic mass is 10.1. The molecule has 0 bridgehead atoms. The summed E-state index contributed by atoms with van der Waals surface area (Å²) in [7, 11) is 1.80. The third kappa shape index (κ3) is 4.49. The van der Waals surface area contributed by atoms with Gasteiger partial charge in [-0.05, 0) is 18.9 Å². The van der Waals surface area contributed by atoms with Gasteiger partial charge in [-0.3, -0.25) is 10.1 Å². The van der Waals surface area contributed by atoms with Crippen LogP contribution in [-0.2, 0) is 16.9 Å². The van der Waals surface area contributed by atoms with E-state index in [1.807, 2.05) is 4.90 Å². The summed E-state index contributed by atoms with van der Waals surface area (Å²) in [6.07, 6.45) is 1.99. The normalized spacial score (nSPS) is 16.5. The lowest BCUT2D eigenvalue weighted by molar-refractivity contribution is -0.384. The summed E-state index contributed by atoms with van der Waals surface area (Å²) in [4.78, 5) is 23.2. The minimum Gasteiger partial charge on any atom is -0.616 e. The average molecular weight is 341 g/mol. The molecular formula is C14H19N3O5S. The molecule has 0 aliphatic heterocycles. The van der Waals surface area contributed by atoms with E-state index in [-0.39, 0.29) is 11.4 Å². The molecule has 0 spiro atoms. The number of nitro groups is 1. The number of likely N-dealkylation sites (N-methyl/N-ethyl adjacent to an activating group) is 1. The Kier molecular flexibility index (Phi) is 5.00. The maximum atomic E-state index is 11.5. The highest BCUT2D eigenvalue weighted by molar-refractivity contribution is 7.89. The molecule has 1 aromatic carbocycles. The van der Waals surface area contributed by atoms with Crippen LogP contribution in [0.25, 0.3) is 0 Å². The zero-order valence-electron chi connectivity index (χ0n) is 12.9.